The van der Waals surface area contributed by atoms with E-state index in [1.807, 2.05) is 36.4 Å². The third kappa shape index (κ3) is 4.11. The molecular weight excluding hydrogens is 296 g/mol. The summed E-state index contributed by atoms with van der Waals surface area (Å²) in [7, 11) is 0. The van der Waals surface area contributed by atoms with E-state index in [9.17, 15) is 9.90 Å². The highest BCUT2D eigenvalue weighted by Gasteiger charge is 2.21. The lowest BCUT2D eigenvalue weighted by atomic mass is 9.84. The van der Waals surface area contributed by atoms with Crippen molar-refractivity contribution < 1.29 is 9.90 Å². The van der Waals surface area contributed by atoms with Gasteiger partial charge in [-0.3, -0.25) is 4.79 Å². The predicted octanol–water partition coefficient (Wildman–Crippen LogP) is 5.05. The first-order valence-electron chi connectivity index (χ1n) is 7.35. The molecule has 0 amide bonds. The van der Waals surface area contributed by atoms with Gasteiger partial charge in [-0.25, -0.2) is 0 Å². The van der Waals surface area contributed by atoms with Gasteiger partial charge in [0.25, 0.3) is 0 Å². The Balaban J connectivity index is 2.24. The molecule has 1 atom stereocenters. The lowest BCUT2D eigenvalue weighted by molar-refractivity contribution is -0.138. The summed E-state index contributed by atoms with van der Waals surface area (Å²) in [5.74, 6) is -1.35. The number of halogens is 1. The van der Waals surface area contributed by atoms with Crippen molar-refractivity contribution in [3.8, 4) is 0 Å². The summed E-state index contributed by atoms with van der Waals surface area (Å²) in [6, 6.07) is 15.2. The molecule has 3 heteroatoms. The van der Waals surface area contributed by atoms with Gasteiger partial charge in [0.2, 0.25) is 0 Å². The number of hydrogen-bond acceptors (Lipinski definition) is 1. The van der Waals surface area contributed by atoms with E-state index in [1.165, 1.54) is 5.56 Å². The van der Waals surface area contributed by atoms with Crippen molar-refractivity contribution in [2.45, 2.75) is 38.5 Å². The third-order valence-corrected chi connectivity index (χ3v) is 4.08. The van der Waals surface area contributed by atoms with Crippen LogP contribution in [0.2, 0.25) is 5.02 Å². The molecule has 2 aromatic rings. The summed E-state index contributed by atoms with van der Waals surface area (Å²) >= 11 is 5.87. The minimum atomic E-state index is -0.807. The van der Waals surface area contributed by atoms with Gasteiger partial charge in [0.1, 0.15) is 0 Å². The Morgan fingerprint density at radius 1 is 1.05 bits per heavy atom. The molecule has 116 valence electrons. The van der Waals surface area contributed by atoms with Gasteiger partial charge in [0.05, 0.1) is 5.92 Å². The zero-order valence-corrected chi connectivity index (χ0v) is 13.9. The van der Waals surface area contributed by atoms with Gasteiger partial charge < -0.3 is 5.11 Å². The average molecular weight is 317 g/mol. The van der Waals surface area contributed by atoms with Crippen LogP contribution in [0.25, 0.3) is 0 Å². The Morgan fingerprint density at radius 2 is 1.59 bits per heavy atom. The molecule has 2 nitrogen and oxygen atoms in total. The van der Waals surface area contributed by atoms with E-state index in [2.05, 4.69) is 20.8 Å². The molecule has 0 aliphatic carbocycles. The Hall–Kier alpha value is -1.80. The third-order valence-electron chi connectivity index (χ3n) is 3.83. The second-order valence-corrected chi connectivity index (χ2v) is 7.03. The minimum Gasteiger partial charge on any atom is -0.481 e. The maximum atomic E-state index is 11.6. The molecule has 0 saturated heterocycles. The van der Waals surface area contributed by atoms with Gasteiger partial charge in [-0.15, -0.1) is 0 Å². The van der Waals surface area contributed by atoms with Gasteiger partial charge in [-0.2, -0.15) is 0 Å². The Kier molecular flexibility index (Phi) is 4.92. The van der Waals surface area contributed by atoms with E-state index in [4.69, 9.17) is 11.6 Å². The average Bonchev–Trinajstić information content (AvgIpc) is 2.45. The number of rotatable bonds is 4. The zero-order chi connectivity index (χ0) is 16.3. The molecule has 0 aliphatic rings. The molecule has 0 aromatic heterocycles. The van der Waals surface area contributed by atoms with Crippen LogP contribution in [0.3, 0.4) is 0 Å². The van der Waals surface area contributed by atoms with E-state index in [-0.39, 0.29) is 5.41 Å². The summed E-state index contributed by atoms with van der Waals surface area (Å²) in [6.07, 6.45) is 0.460. The summed E-state index contributed by atoms with van der Waals surface area (Å²) in [6.45, 7) is 6.43. The summed E-state index contributed by atoms with van der Waals surface area (Å²) in [4.78, 5) is 11.6. The smallest absolute Gasteiger partial charge is 0.311 e. The van der Waals surface area contributed by atoms with Gasteiger partial charge in [-0.05, 0) is 40.7 Å². The summed E-state index contributed by atoms with van der Waals surface area (Å²) in [5.41, 5.74) is 3.06. The molecule has 2 aromatic carbocycles. The number of aliphatic carboxylic acids is 1. The van der Waals surface area contributed by atoms with E-state index >= 15 is 0 Å². The molecule has 2 rings (SSSR count). The van der Waals surface area contributed by atoms with Crippen LogP contribution in [0.5, 0.6) is 0 Å². The maximum absolute atomic E-state index is 11.6. The standard InChI is InChI=1S/C19H21ClO2/c1-19(2,3)15-8-6-14(7-9-15)17(18(21)22)12-13-4-10-16(20)11-5-13/h4-11,17H,12H2,1-3H3,(H,21,22). The van der Waals surface area contributed by atoms with Crippen LogP contribution in [0, 0.1) is 0 Å². The van der Waals surface area contributed by atoms with Crippen molar-refractivity contribution in [1.29, 1.82) is 0 Å². The monoisotopic (exact) mass is 316 g/mol. The fraction of sp³-hybridized carbons (Fsp3) is 0.316. The number of carboxylic acid groups (broad SMARTS) is 1. The molecule has 0 radical (unpaired) electrons. The second kappa shape index (κ2) is 6.53. The summed E-state index contributed by atoms with van der Waals surface area (Å²) in [5, 5.41) is 10.2. The van der Waals surface area contributed by atoms with Crippen molar-refractivity contribution in [1.82, 2.24) is 0 Å². The topological polar surface area (TPSA) is 37.3 Å². The summed E-state index contributed by atoms with van der Waals surface area (Å²) < 4.78 is 0. The molecule has 22 heavy (non-hydrogen) atoms. The molecule has 0 spiro atoms. The first-order valence-corrected chi connectivity index (χ1v) is 7.73. The molecule has 0 bridgehead atoms. The highest BCUT2D eigenvalue weighted by molar-refractivity contribution is 6.30. The van der Waals surface area contributed by atoms with Crippen LogP contribution < -0.4 is 0 Å². The lowest BCUT2D eigenvalue weighted by Crippen LogP contribution is -2.16. The molecule has 0 heterocycles. The normalized spacial score (nSPS) is 12.9. The Bertz CT molecular complexity index is 637. The first kappa shape index (κ1) is 16.6. The van der Waals surface area contributed by atoms with Gasteiger partial charge in [-0.1, -0.05) is 68.8 Å². The van der Waals surface area contributed by atoms with Gasteiger partial charge in [0, 0.05) is 5.02 Å². The fourth-order valence-corrected chi connectivity index (χ4v) is 2.55. The van der Waals surface area contributed by atoms with Crippen LogP contribution in [0.15, 0.2) is 48.5 Å². The maximum Gasteiger partial charge on any atom is 0.311 e. The predicted molar refractivity (Wildman–Crippen MR) is 90.7 cm³/mol. The highest BCUT2D eigenvalue weighted by atomic mass is 35.5. The van der Waals surface area contributed by atoms with Crippen LogP contribution in [-0.2, 0) is 16.6 Å². The Labute approximate surface area is 136 Å². The van der Waals surface area contributed by atoms with Crippen molar-refractivity contribution in [3.05, 3.63) is 70.2 Å². The Morgan fingerprint density at radius 3 is 2.05 bits per heavy atom. The van der Waals surface area contributed by atoms with Crippen molar-refractivity contribution in [3.63, 3.8) is 0 Å². The number of carboxylic acids is 1. The SMILES string of the molecule is CC(C)(C)c1ccc(C(Cc2ccc(Cl)cc2)C(=O)O)cc1. The fourth-order valence-electron chi connectivity index (χ4n) is 2.42. The number of hydrogen-bond donors (Lipinski definition) is 1. The molecule has 1 unspecified atom stereocenters. The van der Waals surface area contributed by atoms with Crippen LogP contribution in [0.4, 0.5) is 0 Å². The molecule has 0 saturated carbocycles. The lowest BCUT2D eigenvalue weighted by Gasteiger charge is -2.20. The minimum absolute atomic E-state index is 0.0629. The molecule has 0 aliphatic heterocycles. The van der Waals surface area contributed by atoms with E-state index < -0.39 is 11.9 Å². The second-order valence-electron chi connectivity index (χ2n) is 6.59. The van der Waals surface area contributed by atoms with Crippen molar-refractivity contribution >= 4 is 17.6 Å². The quantitative estimate of drug-likeness (QED) is 0.857. The van der Waals surface area contributed by atoms with E-state index in [1.54, 1.807) is 12.1 Å². The van der Waals surface area contributed by atoms with E-state index in [0.29, 0.717) is 11.4 Å². The van der Waals surface area contributed by atoms with Crippen molar-refractivity contribution in [2.75, 3.05) is 0 Å². The molecule has 0 fully saturated rings. The number of benzene rings is 2. The van der Waals surface area contributed by atoms with Crippen LogP contribution in [0.1, 0.15) is 43.4 Å². The van der Waals surface area contributed by atoms with E-state index in [0.717, 1.165) is 11.1 Å². The van der Waals surface area contributed by atoms with Crippen LogP contribution >= 0.6 is 11.6 Å². The molecular formula is C19H21ClO2. The van der Waals surface area contributed by atoms with Gasteiger partial charge >= 0.3 is 5.97 Å². The van der Waals surface area contributed by atoms with Crippen molar-refractivity contribution in [2.24, 2.45) is 0 Å². The highest BCUT2D eigenvalue weighted by Crippen LogP contribution is 2.27. The van der Waals surface area contributed by atoms with Gasteiger partial charge in [0.15, 0.2) is 0 Å². The molecule has 1 N–H and O–H groups in total. The first-order chi connectivity index (χ1) is 10.3. The number of carbonyl (C=O) groups is 1. The van der Waals surface area contributed by atoms with Crippen LogP contribution in [-0.4, -0.2) is 11.1 Å². The zero-order valence-electron chi connectivity index (χ0n) is 13.1. The largest absolute Gasteiger partial charge is 0.481 e.